The third-order valence-corrected chi connectivity index (χ3v) is 11.4. The average molecular weight is 730 g/mol. The Morgan fingerprint density at radius 3 is 2.37 bits per heavy atom. The zero-order chi connectivity index (χ0) is 34.4. The molecular weight excluding hydrogens is 688 g/mol. The van der Waals surface area contributed by atoms with Crippen LogP contribution in [-0.4, -0.2) is 88.2 Å². The van der Waals surface area contributed by atoms with Gasteiger partial charge in [-0.3, -0.25) is 29.3 Å². The Morgan fingerprint density at radius 2 is 1.63 bits per heavy atom. The standard InChI is InChI=1S/C37H41BrN6O5/c1-41-19-26(18-28(21-41)39-30-13-14-42(2)37(49)33(30)38)22-3-5-24(6-4-22)35(47)43-15-11-23(12-16-43)25-7-8-29-27(17-25)20-44(36(29)48)31-9-10-32(45)40-34(31)46/h3-8,13-14,17,23,26,28,31,39H,9-12,15-16,18-21H2,1-2H3,(H,40,45,46)/t26-,28+,31?/m1/s1. The van der Waals surface area contributed by atoms with Gasteiger partial charge in [-0.25, -0.2) is 0 Å². The fourth-order valence-electron chi connectivity index (χ4n) is 7.94. The fraction of sp³-hybridized carbons (Fsp3) is 0.432. The molecule has 3 saturated heterocycles. The molecule has 4 aliphatic rings. The maximum atomic E-state index is 13.5. The minimum Gasteiger partial charge on any atom is -0.380 e. The lowest BCUT2D eigenvalue weighted by atomic mass is 9.87. The first-order chi connectivity index (χ1) is 23.5. The lowest BCUT2D eigenvalue weighted by Crippen LogP contribution is -2.52. The molecule has 2 aromatic carbocycles. The van der Waals surface area contributed by atoms with Gasteiger partial charge in [-0.05, 0) is 101 Å². The second kappa shape index (κ2) is 13.5. The number of benzene rings is 2. The summed E-state index contributed by atoms with van der Waals surface area (Å²) in [6.07, 6.45) is 4.93. The molecule has 49 heavy (non-hydrogen) atoms. The summed E-state index contributed by atoms with van der Waals surface area (Å²) >= 11 is 3.46. The molecule has 2 N–H and O–H groups in total. The van der Waals surface area contributed by atoms with Crippen LogP contribution >= 0.6 is 15.9 Å². The van der Waals surface area contributed by atoms with Crippen LogP contribution in [0.3, 0.4) is 0 Å². The van der Waals surface area contributed by atoms with Crippen molar-refractivity contribution in [2.45, 2.75) is 62.6 Å². The maximum Gasteiger partial charge on any atom is 0.266 e. The van der Waals surface area contributed by atoms with Gasteiger partial charge in [-0.1, -0.05) is 24.3 Å². The van der Waals surface area contributed by atoms with Crippen LogP contribution in [0.25, 0.3) is 0 Å². The van der Waals surface area contributed by atoms with Crippen LogP contribution in [-0.2, 0) is 23.2 Å². The largest absolute Gasteiger partial charge is 0.380 e. The van der Waals surface area contributed by atoms with Gasteiger partial charge < -0.3 is 24.6 Å². The number of hydrogen-bond donors (Lipinski definition) is 2. The van der Waals surface area contributed by atoms with E-state index in [1.165, 1.54) is 5.56 Å². The van der Waals surface area contributed by atoms with Crippen LogP contribution in [0.2, 0.25) is 0 Å². The van der Waals surface area contributed by atoms with E-state index < -0.39 is 11.9 Å². The Hall–Kier alpha value is -4.29. The highest BCUT2D eigenvalue weighted by atomic mass is 79.9. The summed E-state index contributed by atoms with van der Waals surface area (Å²) in [4.78, 5) is 68.8. The van der Waals surface area contributed by atoms with Crippen LogP contribution < -0.4 is 16.2 Å². The first kappa shape index (κ1) is 33.2. The topological polar surface area (TPSA) is 124 Å². The predicted octanol–water partition coefficient (Wildman–Crippen LogP) is 3.83. The number of likely N-dealkylation sites (tertiary alicyclic amines) is 2. The Bertz CT molecular complexity index is 1870. The van der Waals surface area contributed by atoms with E-state index in [-0.39, 0.29) is 41.7 Å². The lowest BCUT2D eigenvalue weighted by Gasteiger charge is -2.37. The highest BCUT2D eigenvalue weighted by molar-refractivity contribution is 9.10. The number of fused-ring (bicyclic) bond motifs is 1. The number of imide groups is 1. The normalized spacial score (nSPS) is 23.4. The molecule has 1 aromatic heterocycles. The molecule has 1 unspecified atom stereocenters. The highest BCUT2D eigenvalue weighted by Gasteiger charge is 2.39. The number of aromatic nitrogens is 1. The van der Waals surface area contributed by atoms with Crippen LogP contribution in [0.4, 0.5) is 5.69 Å². The van der Waals surface area contributed by atoms with Crippen molar-refractivity contribution >= 4 is 45.2 Å². The van der Waals surface area contributed by atoms with E-state index in [1.54, 1.807) is 22.7 Å². The van der Waals surface area contributed by atoms with E-state index in [0.717, 1.165) is 49.2 Å². The molecule has 5 heterocycles. The number of carbonyl (C=O) groups is 4. The third-order valence-electron chi connectivity index (χ3n) is 10.6. The highest BCUT2D eigenvalue weighted by Crippen LogP contribution is 2.35. The third kappa shape index (κ3) is 6.68. The summed E-state index contributed by atoms with van der Waals surface area (Å²) in [6, 6.07) is 15.5. The number of anilines is 1. The molecule has 7 rings (SSSR count). The van der Waals surface area contributed by atoms with Crippen molar-refractivity contribution in [3.63, 3.8) is 0 Å². The van der Waals surface area contributed by atoms with Crippen molar-refractivity contribution in [1.29, 1.82) is 0 Å². The van der Waals surface area contributed by atoms with E-state index in [9.17, 15) is 24.0 Å². The summed E-state index contributed by atoms with van der Waals surface area (Å²) < 4.78 is 2.09. The first-order valence-corrected chi connectivity index (χ1v) is 17.8. The minimum absolute atomic E-state index is 0.0419. The summed E-state index contributed by atoms with van der Waals surface area (Å²) in [5.74, 6) is -0.248. The Labute approximate surface area is 293 Å². The second-order valence-corrected chi connectivity index (χ2v) is 14.8. The zero-order valence-corrected chi connectivity index (χ0v) is 29.4. The van der Waals surface area contributed by atoms with Gasteiger partial charge in [0, 0.05) is 69.6 Å². The van der Waals surface area contributed by atoms with Crippen molar-refractivity contribution in [3.8, 4) is 0 Å². The Kier molecular flexibility index (Phi) is 9.19. The van der Waals surface area contributed by atoms with Gasteiger partial charge in [0.2, 0.25) is 11.8 Å². The number of hydrogen-bond acceptors (Lipinski definition) is 7. The average Bonchev–Trinajstić information content (AvgIpc) is 3.43. The van der Waals surface area contributed by atoms with Crippen LogP contribution in [0.5, 0.6) is 0 Å². The molecule has 4 aliphatic heterocycles. The molecule has 0 saturated carbocycles. The van der Waals surface area contributed by atoms with Crippen molar-refractivity contribution in [3.05, 3.63) is 97.4 Å². The Balaban J connectivity index is 0.946. The smallest absolute Gasteiger partial charge is 0.266 e. The number of carbonyl (C=O) groups excluding carboxylic acids is 4. The molecule has 4 amide bonds. The fourth-order valence-corrected chi connectivity index (χ4v) is 8.47. The van der Waals surface area contributed by atoms with Crippen molar-refractivity contribution in [2.75, 3.05) is 38.5 Å². The molecule has 256 valence electrons. The second-order valence-electron chi connectivity index (χ2n) is 14.0. The zero-order valence-electron chi connectivity index (χ0n) is 27.8. The summed E-state index contributed by atoms with van der Waals surface area (Å²) in [7, 11) is 3.85. The van der Waals surface area contributed by atoms with Crippen LogP contribution in [0.1, 0.15) is 81.3 Å². The summed E-state index contributed by atoms with van der Waals surface area (Å²) in [5.41, 5.74) is 5.30. The molecule has 0 radical (unpaired) electrons. The maximum absolute atomic E-state index is 13.5. The lowest BCUT2D eigenvalue weighted by molar-refractivity contribution is -0.136. The van der Waals surface area contributed by atoms with Crippen molar-refractivity contribution < 1.29 is 19.2 Å². The van der Waals surface area contributed by atoms with Gasteiger partial charge in [0.25, 0.3) is 17.4 Å². The molecule has 12 heteroatoms. The van der Waals surface area contributed by atoms with Gasteiger partial charge in [0.05, 0.1) is 5.69 Å². The number of nitrogens with one attached hydrogen (secondary N) is 2. The SMILES string of the molecule is CN1C[C@@H](Nc2ccn(C)c(=O)c2Br)C[C@@H](c2ccc(C(=O)N3CCC(c4ccc5c(c4)CN(C4CCC(=O)NC4=O)C5=O)CC3)cc2)C1. The van der Waals surface area contributed by atoms with E-state index >= 15 is 0 Å². The number of amides is 4. The van der Waals surface area contributed by atoms with Gasteiger partial charge in [0.1, 0.15) is 10.5 Å². The monoisotopic (exact) mass is 728 g/mol. The number of pyridine rings is 1. The molecule has 0 bridgehead atoms. The minimum atomic E-state index is -0.623. The summed E-state index contributed by atoms with van der Waals surface area (Å²) in [5, 5.41) is 5.92. The van der Waals surface area contributed by atoms with Crippen LogP contribution in [0, 0.1) is 0 Å². The molecule has 0 spiro atoms. The van der Waals surface area contributed by atoms with Crippen LogP contribution in [0.15, 0.2) is 64.0 Å². The van der Waals surface area contributed by atoms with Gasteiger partial charge in [-0.15, -0.1) is 0 Å². The van der Waals surface area contributed by atoms with Gasteiger partial charge in [0.15, 0.2) is 0 Å². The molecule has 0 aliphatic carbocycles. The van der Waals surface area contributed by atoms with E-state index in [1.807, 2.05) is 35.2 Å². The first-order valence-electron chi connectivity index (χ1n) is 17.0. The van der Waals surface area contributed by atoms with Crippen molar-refractivity contribution in [2.24, 2.45) is 7.05 Å². The number of likely N-dealkylation sites (N-methyl/N-ethyl adjacent to an activating group) is 1. The Morgan fingerprint density at radius 1 is 0.898 bits per heavy atom. The van der Waals surface area contributed by atoms with Crippen molar-refractivity contribution in [1.82, 2.24) is 24.6 Å². The molecule has 3 fully saturated rings. The molecular formula is C37H41BrN6O5. The number of rotatable bonds is 6. The summed E-state index contributed by atoms with van der Waals surface area (Å²) in [6.45, 7) is 3.46. The van der Waals surface area contributed by atoms with E-state index in [2.05, 4.69) is 56.7 Å². The molecule has 3 aromatic rings. The number of nitrogens with zero attached hydrogens (tertiary/aromatic N) is 4. The van der Waals surface area contributed by atoms with Gasteiger partial charge in [-0.2, -0.15) is 0 Å². The molecule has 3 atom stereocenters. The predicted molar refractivity (Wildman–Crippen MR) is 188 cm³/mol. The van der Waals surface area contributed by atoms with E-state index in [4.69, 9.17) is 0 Å². The number of aryl methyl sites for hydroxylation is 1. The quantitative estimate of drug-likeness (QED) is 0.370. The van der Waals surface area contributed by atoms with E-state index in [0.29, 0.717) is 47.6 Å². The van der Waals surface area contributed by atoms with Gasteiger partial charge >= 0.3 is 0 Å². The molecule has 11 nitrogen and oxygen atoms in total. The number of halogens is 1. The number of piperidine rings is 3.